The van der Waals surface area contributed by atoms with E-state index in [4.69, 9.17) is 10.5 Å². The zero-order valence-electron chi connectivity index (χ0n) is 10.1. The maximum atomic E-state index is 11.9. The van der Waals surface area contributed by atoms with E-state index in [9.17, 15) is 4.79 Å². The molecule has 3 rings (SSSR count). The number of nitrogens with zero attached hydrogens (tertiary/aromatic N) is 1. The fraction of sp³-hybridized carbons (Fsp3) is 0.538. The van der Waals surface area contributed by atoms with Crippen molar-refractivity contribution in [2.75, 3.05) is 6.61 Å². The van der Waals surface area contributed by atoms with Gasteiger partial charge in [-0.1, -0.05) is 6.07 Å². The lowest BCUT2D eigenvalue weighted by atomic mass is 9.72. The predicted octanol–water partition coefficient (Wildman–Crippen LogP) is -0.145. The predicted molar refractivity (Wildman–Crippen MR) is 65.7 cm³/mol. The third-order valence-electron chi connectivity index (χ3n) is 3.86. The molecule has 1 aliphatic carbocycles. The third-order valence-corrected chi connectivity index (χ3v) is 3.86. The second kappa shape index (κ2) is 4.66. The highest BCUT2D eigenvalue weighted by atomic mass is 16.5. The Hall–Kier alpha value is -1.46. The normalized spacial score (nSPS) is 33.6. The van der Waals surface area contributed by atoms with Crippen LogP contribution in [0.3, 0.4) is 0 Å². The first-order valence-electron chi connectivity index (χ1n) is 6.31. The number of hydrogen-bond donors (Lipinski definition) is 2. The molecule has 1 aromatic heterocycles. The first-order chi connectivity index (χ1) is 8.75. The fourth-order valence-corrected chi connectivity index (χ4v) is 2.85. The van der Waals surface area contributed by atoms with Gasteiger partial charge in [-0.25, -0.2) is 0 Å². The molecule has 1 saturated carbocycles. The summed E-state index contributed by atoms with van der Waals surface area (Å²) in [6.45, 7) is 0.762. The molecule has 1 amide bonds. The smallest absolute Gasteiger partial charge is 0.224 e. The summed E-state index contributed by atoms with van der Waals surface area (Å²) in [6, 6.07) is 3.73. The molecule has 5 nitrogen and oxygen atoms in total. The number of carbonyl (C=O) groups excluding carboxylic acids is 1. The summed E-state index contributed by atoms with van der Waals surface area (Å²) in [5.41, 5.74) is 6.95. The van der Waals surface area contributed by atoms with Gasteiger partial charge in [-0.15, -0.1) is 0 Å². The molecule has 0 aromatic carbocycles. The first-order valence-corrected chi connectivity index (χ1v) is 6.31. The number of nitrogens with two attached hydrogens (primary N) is 1. The van der Waals surface area contributed by atoms with E-state index >= 15 is 0 Å². The summed E-state index contributed by atoms with van der Waals surface area (Å²) in [5.74, 6) is 0.408. The van der Waals surface area contributed by atoms with Crippen molar-refractivity contribution in [1.29, 1.82) is 0 Å². The topological polar surface area (TPSA) is 77.2 Å². The number of aromatic nitrogens is 1. The van der Waals surface area contributed by atoms with Crippen molar-refractivity contribution < 1.29 is 9.53 Å². The van der Waals surface area contributed by atoms with Gasteiger partial charge in [-0.05, 0) is 18.1 Å². The summed E-state index contributed by atoms with van der Waals surface area (Å²) in [7, 11) is 0. The van der Waals surface area contributed by atoms with Crippen LogP contribution in [0.25, 0.3) is 0 Å². The first kappa shape index (κ1) is 11.6. The van der Waals surface area contributed by atoms with Crippen molar-refractivity contribution in [3.63, 3.8) is 0 Å². The van der Waals surface area contributed by atoms with Crippen LogP contribution in [-0.2, 0) is 16.0 Å². The van der Waals surface area contributed by atoms with Crippen molar-refractivity contribution in [3.8, 4) is 0 Å². The molecule has 4 unspecified atom stereocenters. The lowest BCUT2D eigenvalue weighted by molar-refractivity contribution is -0.125. The minimum Gasteiger partial charge on any atom is -0.376 e. The van der Waals surface area contributed by atoms with E-state index in [1.165, 1.54) is 0 Å². The second-order valence-corrected chi connectivity index (χ2v) is 5.00. The third kappa shape index (κ3) is 2.00. The molecular weight excluding hydrogens is 230 g/mol. The molecule has 3 N–H and O–H groups in total. The van der Waals surface area contributed by atoms with Crippen molar-refractivity contribution in [1.82, 2.24) is 10.3 Å². The Balaban J connectivity index is 1.56. The summed E-state index contributed by atoms with van der Waals surface area (Å²) >= 11 is 0. The van der Waals surface area contributed by atoms with E-state index in [-0.39, 0.29) is 24.1 Å². The maximum absolute atomic E-state index is 11.9. The number of pyridine rings is 1. The van der Waals surface area contributed by atoms with Crippen LogP contribution in [0.15, 0.2) is 24.5 Å². The highest BCUT2D eigenvalue weighted by Crippen LogP contribution is 2.37. The lowest BCUT2D eigenvalue weighted by Crippen LogP contribution is -2.69. The van der Waals surface area contributed by atoms with Crippen LogP contribution in [0.4, 0.5) is 0 Å². The monoisotopic (exact) mass is 247 g/mol. The Morgan fingerprint density at radius 3 is 3.28 bits per heavy atom. The Bertz CT molecular complexity index is 437. The van der Waals surface area contributed by atoms with E-state index < -0.39 is 0 Å². The van der Waals surface area contributed by atoms with Crippen LogP contribution in [0.1, 0.15) is 12.0 Å². The Morgan fingerprint density at radius 1 is 1.61 bits per heavy atom. The largest absolute Gasteiger partial charge is 0.376 e. The Morgan fingerprint density at radius 2 is 2.50 bits per heavy atom. The van der Waals surface area contributed by atoms with Gasteiger partial charge in [0.2, 0.25) is 5.91 Å². The maximum Gasteiger partial charge on any atom is 0.224 e. The zero-order valence-corrected chi connectivity index (χ0v) is 10.1. The van der Waals surface area contributed by atoms with Gasteiger partial charge in [0, 0.05) is 31.0 Å². The second-order valence-electron chi connectivity index (χ2n) is 5.00. The van der Waals surface area contributed by atoms with Crippen molar-refractivity contribution in [2.45, 2.75) is 31.0 Å². The van der Waals surface area contributed by atoms with Crippen LogP contribution in [-0.4, -0.2) is 35.7 Å². The van der Waals surface area contributed by atoms with Crippen LogP contribution < -0.4 is 11.1 Å². The van der Waals surface area contributed by atoms with E-state index in [2.05, 4.69) is 10.3 Å². The van der Waals surface area contributed by atoms with Crippen LogP contribution in [0.2, 0.25) is 0 Å². The minimum absolute atomic E-state index is 0.0163. The summed E-state index contributed by atoms with van der Waals surface area (Å²) < 4.78 is 5.58. The molecule has 1 aliphatic heterocycles. The Kier molecular flexibility index (Phi) is 3.01. The molecule has 5 heteroatoms. The highest BCUT2D eigenvalue weighted by Gasteiger charge is 2.52. The van der Waals surface area contributed by atoms with Gasteiger partial charge < -0.3 is 15.8 Å². The van der Waals surface area contributed by atoms with Gasteiger partial charge in [0.05, 0.1) is 18.6 Å². The van der Waals surface area contributed by atoms with Gasteiger partial charge in [-0.2, -0.15) is 0 Å². The average molecular weight is 247 g/mol. The van der Waals surface area contributed by atoms with Gasteiger partial charge in [0.1, 0.15) is 0 Å². The zero-order chi connectivity index (χ0) is 12.5. The van der Waals surface area contributed by atoms with Gasteiger partial charge >= 0.3 is 0 Å². The van der Waals surface area contributed by atoms with Crippen LogP contribution >= 0.6 is 0 Å². The van der Waals surface area contributed by atoms with E-state index in [1.54, 1.807) is 12.4 Å². The molecule has 96 valence electrons. The SMILES string of the molecule is NC1C2CCOC2C1NC(=O)Cc1cccnc1. The fourth-order valence-electron chi connectivity index (χ4n) is 2.85. The Labute approximate surface area is 106 Å². The van der Waals surface area contributed by atoms with E-state index in [1.807, 2.05) is 12.1 Å². The summed E-state index contributed by atoms with van der Waals surface area (Å²) in [4.78, 5) is 15.9. The minimum atomic E-state index is -0.0262. The number of ether oxygens (including phenoxy) is 1. The van der Waals surface area contributed by atoms with Gasteiger partial charge in [-0.3, -0.25) is 9.78 Å². The number of fused-ring (bicyclic) bond motifs is 1. The number of amides is 1. The molecular formula is C13H17N3O2. The van der Waals surface area contributed by atoms with E-state index in [0.29, 0.717) is 12.3 Å². The number of nitrogens with one attached hydrogen (secondary N) is 1. The average Bonchev–Trinajstić information content (AvgIpc) is 2.82. The van der Waals surface area contributed by atoms with Crippen molar-refractivity contribution in [2.24, 2.45) is 11.7 Å². The molecule has 0 radical (unpaired) electrons. The molecule has 2 heterocycles. The molecule has 2 aliphatic rings. The molecule has 0 bridgehead atoms. The van der Waals surface area contributed by atoms with E-state index in [0.717, 1.165) is 18.6 Å². The van der Waals surface area contributed by atoms with Gasteiger partial charge in [0.15, 0.2) is 0 Å². The number of carbonyl (C=O) groups is 1. The summed E-state index contributed by atoms with van der Waals surface area (Å²) in [6.07, 6.45) is 4.88. The molecule has 1 saturated heterocycles. The standard InChI is InChI=1S/C13H17N3O2/c14-11-9-3-5-18-13(9)12(11)16-10(17)6-8-2-1-4-15-7-8/h1-2,4,7,9,11-13H,3,5-6,14H2,(H,16,17). The van der Waals surface area contributed by atoms with Gasteiger partial charge in [0.25, 0.3) is 0 Å². The lowest BCUT2D eigenvalue weighted by Gasteiger charge is -2.45. The molecule has 0 spiro atoms. The highest BCUT2D eigenvalue weighted by molar-refractivity contribution is 5.79. The number of rotatable bonds is 3. The van der Waals surface area contributed by atoms with Crippen LogP contribution in [0, 0.1) is 5.92 Å². The van der Waals surface area contributed by atoms with Crippen molar-refractivity contribution in [3.05, 3.63) is 30.1 Å². The van der Waals surface area contributed by atoms with Crippen LogP contribution in [0.5, 0.6) is 0 Å². The molecule has 2 fully saturated rings. The van der Waals surface area contributed by atoms with Crippen molar-refractivity contribution >= 4 is 5.91 Å². The summed E-state index contributed by atoms with van der Waals surface area (Å²) in [5, 5.41) is 2.97. The molecule has 18 heavy (non-hydrogen) atoms. The molecule has 4 atom stereocenters. The quantitative estimate of drug-likeness (QED) is 0.779. The molecule has 1 aromatic rings. The number of hydrogen-bond acceptors (Lipinski definition) is 4.